The maximum atomic E-state index is 11.6. The molecule has 2 aromatic rings. The molecular formula is C12H11NO3S. The molecule has 5 heteroatoms. The van der Waals surface area contributed by atoms with Gasteiger partial charge in [-0.25, -0.2) is 0 Å². The molecule has 0 amide bonds. The summed E-state index contributed by atoms with van der Waals surface area (Å²) >= 11 is 1.13. The molecule has 1 N–H and O–H groups in total. The van der Waals surface area contributed by atoms with E-state index in [4.69, 9.17) is 5.11 Å². The summed E-state index contributed by atoms with van der Waals surface area (Å²) in [5, 5.41) is 8.58. The Labute approximate surface area is 102 Å². The Morgan fingerprint density at radius 3 is 2.65 bits per heavy atom. The second-order valence-electron chi connectivity index (χ2n) is 3.56. The van der Waals surface area contributed by atoms with E-state index in [0.717, 1.165) is 21.8 Å². The highest BCUT2D eigenvalue weighted by atomic mass is 32.1. The molecule has 1 aromatic heterocycles. The van der Waals surface area contributed by atoms with Gasteiger partial charge < -0.3 is 9.67 Å². The first-order valence-electron chi connectivity index (χ1n) is 5.14. The summed E-state index contributed by atoms with van der Waals surface area (Å²) in [6, 6.07) is 9.57. The molecule has 0 aliphatic heterocycles. The fraction of sp³-hybridized carbons (Fsp3) is 0.167. The standard InChI is InChI=1S/C12H11NO3S/c14-11(15)6-7-13-8-10(17-12(13)16)9-4-2-1-3-5-9/h1-5,8H,6-7H2,(H,14,15). The second-order valence-corrected chi connectivity index (χ2v) is 4.56. The fourth-order valence-corrected chi connectivity index (χ4v) is 2.36. The molecule has 0 atom stereocenters. The van der Waals surface area contributed by atoms with Crippen molar-refractivity contribution in [2.75, 3.05) is 0 Å². The largest absolute Gasteiger partial charge is 0.481 e. The average Bonchev–Trinajstić information content (AvgIpc) is 2.69. The second kappa shape index (κ2) is 4.97. The number of hydrogen-bond donors (Lipinski definition) is 1. The van der Waals surface area contributed by atoms with Crippen LogP contribution in [0.5, 0.6) is 0 Å². The van der Waals surface area contributed by atoms with Crippen molar-refractivity contribution in [2.24, 2.45) is 0 Å². The zero-order valence-corrected chi connectivity index (χ0v) is 9.81. The number of benzene rings is 1. The summed E-state index contributed by atoms with van der Waals surface area (Å²) in [7, 11) is 0. The van der Waals surface area contributed by atoms with Crippen LogP contribution in [-0.4, -0.2) is 15.6 Å². The molecule has 1 aromatic carbocycles. The van der Waals surface area contributed by atoms with Crippen molar-refractivity contribution in [1.82, 2.24) is 4.57 Å². The van der Waals surface area contributed by atoms with Gasteiger partial charge in [0.05, 0.1) is 11.3 Å². The van der Waals surface area contributed by atoms with E-state index in [2.05, 4.69) is 0 Å². The maximum absolute atomic E-state index is 11.6. The van der Waals surface area contributed by atoms with E-state index in [1.807, 2.05) is 30.3 Å². The van der Waals surface area contributed by atoms with Crippen LogP contribution in [0.4, 0.5) is 0 Å². The van der Waals surface area contributed by atoms with Crippen LogP contribution in [0.3, 0.4) is 0 Å². The number of aliphatic carboxylic acids is 1. The van der Waals surface area contributed by atoms with Gasteiger partial charge in [-0.2, -0.15) is 0 Å². The number of carboxylic acid groups (broad SMARTS) is 1. The van der Waals surface area contributed by atoms with E-state index in [1.54, 1.807) is 6.20 Å². The number of carboxylic acids is 1. The molecule has 0 aliphatic rings. The highest BCUT2D eigenvalue weighted by molar-refractivity contribution is 7.12. The normalized spacial score (nSPS) is 10.4. The first-order chi connectivity index (χ1) is 8.16. The topological polar surface area (TPSA) is 59.3 Å². The van der Waals surface area contributed by atoms with Gasteiger partial charge in [0.1, 0.15) is 0 Å². The monoisotopic (exact) mass is 249 g/mol. The summed E-state index contributed by atoms with van der Waals surface area (Å²) in [4.78, 5) is 22.8. The molecule has 0 saturated heterocycles. The van der Waals surface area contributed by atoms with Crippen LogP contribution < -0.4 is 4.87 Å². The van der Waals surface area contributed by atoms with Gasteiger partial charge in [0.15, 0.2) is 0 Å². The van der Waals surface area contributed by atoms with Gasteiger partial charge in [-0.1, -0.05) is 41.7 Å². The van der Waals surface area contributed by atoms with Crippen molar-refractivity contribution >= 4 is 17.3 Å². The predicted molar refractivity (Wildman–Crippen MR) is 66.3 cm³/mol. The van der Waals surface area contributed by atoms with E-state index >= 15 is 0 Å². The molecule has 1 heterocycles. The van der Waals surface area contributed by atoms with Crippen LogP contribution in [0.25, 0.3) is 10.4 Å². The molecule has 0 aliphatic carbocycles. The van der Waals surface area contributed by atoms with Crippen molar-refractivity contribution in [2.45, 2.75) is 13.0 Å². The number of hydrogen-bond acceptors (Lipinski definition) is 3. The quantitative estimate of drug-likeness (QED) is 0.902. The lowest BCUT2D eigenvalue weighted by Crippen LogP contribution is -2.14. The highest BCUT2D eigenvalue weighted by Gasteiger charge is 2.07. The molecule has 0 fully saturated rings. The van der Waals surface area contributed by atoms with Crippen molar-refractivity contribution in [1.29, 1.82) is 0 Å². The van der Waals surface area contributed by atoms with Gasteiger partial charge in [0, 0.05) is 12.7 Å². The summed E-state index contributed by atoms with van der Waals surface area (Å²) in [6.45, 7) is 0.220. The third kappa shape index (κ3) is 2.82. The van der Waals surface area contributed by atoms with Crippen molar-refractivity contribution < 1.29 is 9.90 Å². The number of aromatic nitrogens is 1. The Balaban J connectivity index is 2.25. The molecule has 0 radical (unpaired) electrons. The lowest BCUT2D eigenvalue weighted by atomic mass is 10.2. The van der Waals surface area contributed by atoms with Gasteiger partial charge in [-0.05, 0) is 5.56 Å². The van der Waals surface area contributed by atoms with Crippen LogP contribution in [0.1, 0.15) is 6.42 Å². The summed E-state index contributed by atoms with van der Waals surface area (Å²) in [5.74, 6) is -0.899. The minimum absolute atomic E-state index is 0.0368. The van der Waals surface area contributed by atoms with Crippen molar-refractivity contribution in [3.8, 4) is 10.4 Å². The Morgan fingerprint density at radius 1 is 1.29 bits per heavy atom. The van der Waals surface area contributed by atoms with Gasteiger partial charge in [0.25, 0.3) is 0 Å². The SMILES string of the molecule is O=C(O)CCn1cc(-c2ccccc2)sc1=O. The number of aryl methyl sites for hydroxylation is 1. The number of carbonyl (C=O) groups is 1. The molecule has 0 unspecified atom stereocenters. The summed E-state index contributed by atoms with van der Waals surface area (Å²) in [5.41, 5.74) is 0.976. The van der Waals surface area contributed by atoms with E-state index < -0.39 is 5.97 Å². The van der Waals surface area contributed by atoms with Gasteiger partial charge >= 0.3 is 10.8 Å². The van der Waals surface area contributed by atoms with E-state index in [-0.39, 0.29) is 17.8 Å². The third-order valence-electron chi connectivity index (χ3n) is 2.33. The lowest BCUT2D eigenvalue weighted by Gasteiger charge is -1.97. The van der Waals surface area contributed by atoms with E-state index in [0.29, 0.717) is 0 Å². The van der Waals surface area contributed by atoms with Crippen LogP contribution >= 0.6 is 11.3 Å². The minimum atomic E-state index is -0.899. The van der Waals surface area contributed by atoms with Crippen LogP contribution in [0.2, 0.25) is 0 Å². The molecule has 0 bridgehead atoms. The van der Waals surface area contributed by atoms with Gasteiger partial charge in [0.2, 0.25) is 0 Å². The molecular weight excluding hydrogens is 238 g/mol. The van der Waals surface area contributed by atoms with E-state index in [9.17, 15) is 9.59 Å². The molecule has 88 valence electrons. The number of rotatable bonds is 4. The molecule has 0 saturated carbocycles. The maximum Gasteiger partial charge on any atom is 0.307 e. The smallest absolute Gasteiger partial charge is 0.307 e. The average molecular weight is 249 g/mol. The molecule has 2 rings (SSSR count). The predicted octanol–water partition coefficient (Wildman–Crippen LogP) is 2.05. The number of thiazole rings is 1. The van der Waals surface area contributed by atoms with Crippen LogP contribution in [0.15, 0.2) is 41.3 Å². The Bertz CT molecular complexity index is 571. The Hall–Kier alpha value is -1.88. The summed E-state index contributed by atoms with van der Waals surface area (Å²) in [6.07, 6.45) is 1.68. The molecule has 0 spiro atoms. The fourth-order valence-electron chi connectivity index (χ4n) is 1.48. The first kappa shape index (κ1) is 11.6. The number of nitrogens with zero attached hydrogens (tertiary/aromatic N) is 1. The highest BCUT2D eigenvalue weighted by Crippen LogP contribution is 2.21. The first-order valence-corrected chi connectivity index (χ1v) is 5.96. The van der Waals surface area contributed by atoms with Gasteiger partial charge in [-0.15, -0.1) is 0 Å². The zero-order valence-electron chi connectivity index (χ0n) is 9.00. The molecule has 4 nitrogen and oxygen atoms in total. The van der Waals surface area contributed by atoms with Crippen LogP contribution in [0, 0.1) is 0 Å². The Morgan fingerprint density at radius 2 is 2.00 bits per heavy atom. The van der Waals surface area contributed by atoms with Crippen molar-refractivity contribution in [3.05, 3.63) is 46.2 Å². The van der Waals surface area contributed by atoms with E-state index in [1.165, 1.54) is 4.57 Å². The third-order valence-corrected chi connectivity index (χ3v) is 3.30. The van der Waals surface area contributed by atoms with Crippen molar-refractivity contribution in [3.63, 3.8) is 0 Å². The zero-order chi connectivity index (χ0) is 12.3. The van der Waals surface area contributed by atoms with Crippen LogP contribution in [-0.2, 0) is 11.3 Å². The lowest BCUT2D eigenvalue weighted by molar-refractivity contribution is -0.137. The molecule has 17 heavy (non-hydrogen) atoms. The summed E-state index contributed by atoms with van der Waals surface area (Å²) < 4.78 is 1.45. The Kier molecular flexibility index (Phi) is 3.39. The van der Waals surface area contributed by atoms with Gasteiger partial charge in [-0.3, -0.25) is 9.59 Å². The minimum Gasteiger partial charge on any atom is -0.481 e.